The van der Waals surface area contributed by atoms with Gasteiger partial charge >= 0.3 is 0 Å². The van der Waals surface area contributed by atoms with E-state index in [0.717, 1.165) is 6.61 Å². The van der Waals surface area contributed by atoms with Crippen molar-refractivity contribution in [1.29, 1.82) is 0 Å². The zero-order valence-electron chi connectivity index (χ0n) is 8.00. The molecule has 0 unspecified atom stereocenters. The summed E-state index contributed by atoms with van der Waals surface area (Å²) in [6.45, 7) is 2.73. The van der Waals surface area contributed by atoms with Crippen LogP contribution >= 0.6 is 0 Å². The average molecular weight is 182 g/mol. The number of hydrogen-bond donors (Lipinski definition) is 0. The monoisotopic (exact) mass is 182 g/mol. The predicted octanol–water partition coefficient (Wildman–Crippen LogP) is 1.53. The Hall–Kier alpha value is -1.88. The maximum absolute atomic E-state index is 4.96. The first-order valence-corrected chi connectivity index (χ1v) is 4.34. The second-order valence-corrected chi connectivity index (χ2v) is 2.52. The van der Waals surface area contributed by atoms with Crippen LogP contribution in [0.4, 0.5) is 0 Å². The van der Waals surface area contributed by atoms with E-state index in [0.29, 0.717) is 0 Å². The van der Waals surface area contributed by atoms with Gasteiger partial charge in [-0.05, 0) is 48.8 Å². The quantitative estimate of drug-likeness (QED) is 0.442. The zero-order valence-corrected chi connectivity index (χ0v) is 8.00. The van der Waals surface area contributed by atoms with Crippen molar-refractivity contribution in [2.24, 2.45) is 0 Å². The minimum atomic E-state index is 0.284. The van der Waals surface area contributed by atoms with Crippen molar-refractivity contribution in [2.45, 2.75) is 13.0 Å². The van der Waals surface area contributed by atoms with E-state index in [9.17, 15) is 0 Å². The van der Waals surface area contributed by atoms with Gasteiger partial charge in [-0.15, -0.1) is 0 Å². The van der Waals surface area contributed by atoms with Gasteiger partial charge in [-0.1, -0.05) is 17.9 Å². The minimum absolute atomic E-state index is 0.284. The molecule has 1 atom stereocenters. The molecule has 1 heterocycles. The smallest absolute Gasteiger partial charge is 0.1000 e. The van der Waals surface area contributed by atoms with Gasteiger partial charge in [0, 0.05) is 0 Å². The third-order valence-corrected chi connectivity index (χ3v) is 1.34. The molecule has 1 heteroatoms. The number of hydrogen-bond acceptors (Lipinski definition) is 1. The molecule has 1 nitrogen and oxygen atoms in total. The fourth-order valence-corrected chi connectivity index (χ4v) is 0.623. The summed E-state index contributed by atoms with van der Waals surface area (Å²) in [6, 6.07) is 0. The molecule has 0 N–H and O–H groups in total. The van der Waals surface area contributed by atoms with E-state index in [1.54, 1.807) is 12.2 Å². The summed E-state index contributed by atoms with van der Waals surface area (Å²) < 4.78 is 4.96. The summed E-state index contributed by atoms with van der Waals surface area (Å²) >= 11 is 0. The van der Waals surface area contributed by atoms with E-state index < -0.39 is 0 Å². The second-order valence-electron chi connectivity index (χ2n) is 2.52. The summed E-state index contributed by atoms with van der Waals surface area (Å²) in [4.78, 5) is 0. The van der Waals surface area contributed by atoms with Crippen LogP contribution in [0.15, 0.2) is 24.3 Å². The lowest BCUT2D eigenvalue weighted by atomic mass is 10.4. The molecular formula is C13H10O. The van der Waals surface area contributed by atoms with E-state index in [-0.39, 0.29) is 6.10 Å². The number of allylic oxidation sites excluding steroid dienone is 3. The van der Waals surface area contributed by atoms with Crippen molar-refractivity contribution in [3.63, 3.8) is 0 Å². The first-order chi connectivity index (χ1) is 6.93. The van der Waals surface area contributed by atoms with Gasteiger partial charge in [0.25, 0.3) is 0 Å². The molecule has 1 aliphatic rings. The summed E-state index contributed by atoms with van der Waals surface area (Å²) in [6.07, 6.45) is 7.56. The molecule has 0 spiro atoms. The van der Waals surface area contributed by atoms with Gasteiger partial charge in [-0.25, -0.2) is 0 Å². The van der Waals surface area contributed by atoms with Crippen molar-refractivity contribution in [2.75, 3.05) is 6.61 Å². The molecule has 1 fully saturated rings. The van der Waals surface area contributed by atoms with Crippen LogP contribution in [0.2, 0.25) is 0 Å². The molecule has 68 valence electrons. The Kier molecular flexibility index (Phi) is 4.82. The molecule has 0 aromatic heterocycles. The van der Waals surface area contributed by atoms with Crippen LogP contribution < -0.4 is 0 Å². The Balaban J connectivity index is 2.27. The second kappa shape index (κ2) is 6.62. The van der Waals surface area contributed by atoms with Crippen LogP contribution in [0.3, 0.4) is 0 Å². The molecule has 0 bridgehead atoms. The molecule has 1 saturated heterocycles. The van der Waals surface area contributed by atoms with E-state index in [4.69, 9.17) is 4.74 Å². The Morgan fingerprint density at radius 1 is 1.07 bits per heavy atom. The van der Waals surface area contributed by atoms with Gasteiger partial charge in [0.05, 0.1) is 12.7 Å². The number of ether oxygens (including phenoxy) is 1. The molecule has 0 aromatic rings. The Morgan fingerprint density at radius 2 is 1.71 bits per heavy atom. The topological polar surface area (TPSA) is 12.5 Å². The van der Waals surface area contributed by atoms with Crippen molar-refractivity contribution < 1.29 is 4.74 Å². The van der Waals surface area contributed by atoms with E-state index >= 15 is 0 Å². The van der Waals surface area contributed by atoms with Gasteiger partial charge in [0.2, 0.25) is 0 Å². The summed E-state index contributed by atoms with van der Waals surface area (Å²) in [5.74, 6) is 16.1. The molecule has 0 aromatic carbocycles. The zero-order chi connectivity index (χ0) is 10.1. The van der Waals surface area contributed by atoms with Crippen LogP contribution in [0.25, 0.3) is 0 Å². The molecule has 0 radical (unpaired) electrons. The standard InChI is InChI=1S/C13H10O/c1-2-3-4-5-6-7-8-9-10-11-13-12-14-13/h2-3,10-11,13H,12H2,1H3/b3-2+,11-10+/t13-/m1/s1. The Labute approximate surface area is 84.8 Å². The van der Waals surface area contributed by atoms with E-state index in [2.05, 4.69) is 35.5 Å². The molecular weight excluding hydrogens is 172 g/mol. The van der Waals surface area contributed by atoms with Crippen molar-refractivity contribution in [1.82, 2.24) is 0 Å². The first-order valence-electron chi connectivity index (χ1n) is 4.34. The largest absolute Gasteiger partial charge is 0.369 e. The summed E-state index contributed by atoms with van der Waals surface area (Å²) in [5.41, 5.74) is 0. The Morgan fingerprint density at radius 3 is 2.29 bits per heavy atom. The van der Waals surface area contributed by atoms with Gasteiger partial charge in [0.15, 0.2) is 0 Å². The van der Waals surface area contributed by atoms with Gasteiger partial charge in [-0.2, -0.15) is 0 Å². The molecule has 14 heavy (non-hydrogen) atoms. The third kappa shape index (κ3) is 5.73. The van der Waals surface area contributed by atoms with Crippen molar-refractivity contribution in [3.8, 4) is 35.5 Å². The highest BCUT2D eigenvalue weighted by atomic mass is 16.6. The number of epoxide rings is 1. The van der Waals surface area contributed by atoms with Crippen LogP contribution in [-0.2, 0) is 4.74 Å². The highest BCUT2D eigenvalue weighted by molar-refractivity contribution is 5.39. The molecule has 0 saturated carbocycles. The maximum Gasteiger partial charge on any atom is 0.1000 e. The fourth-order valence-electron chi connectivity index (χ4n) is 0.623. The SMILES string of the molecule is C/C=C/C#CC#CC#C/C=C/[C@@H]1CO1. The first kappa shape index (κ1) is 10.2. The fraction of sp³-hybridized carbons (Fsp3) is 0.231. The van der Waals surface area contributed by atoms with Crippen LogP contribution in [0.1, 0.15) is 6.92 Å². The lowest BCUT2D eigenvalue weighted by Gasteiger charge is -1.67. The van der Waals surface area contributed by atoms with E-state index in [1.807, 2.05) is 19.1 Å². The van der Waals surface area contributed by atoms with Crippen LogP contribution in [0, 0.1) is 35.5 Å². The number of rotatable bonds is 1. The van der Waals surface area contributed by atoms with Crippen LogP contribution in [0.5, 0.6) is 0 Å². The summed E-state index contributed by atoms with van der Waals surface area (Å²) in [7, 11) is 0. The van der Waals surface area contributed by atoms with Gasteiger partial charge in [-0.3, -0.25) is 0 Å². The van der Waals surface area contributed by atoms with Gasteiger partial charge < -0.3 is 4.74 Å². The van der Waals surface area contributed by atoms with Crippen molar-refractivity contribution in [3.05, 3.63) is 24.3 Å². The summed E-state index contributed by atoms with van der Waals surface area (Å²) in [5, 5.41) is 0. The highest BCUT2D eigenvalue weighted by Crippen LogP contribution is 2.08. The lowest BCUT2D eigenvalue weighted by molar-refractivity contribution is 0.440. The Bertz CT molecular complexity index is 403. The molecule has 0 aliphatic carbocycles. The van der Waals surface area contributed by atoms with Gasteiger partial charge in [0.1, 0.15) is 0 Å². The average Bonchev–Trinajstić information content (AvgIpc) is 2.99. The highest BCUT2D eigenvalue weighted by Gasteiger charge is 2.17. The van der Waals surface area contributed by atoms with Crippen molar-refractivity contribution >= 4 is 0 Å². The van der Waals surface area contributed by atoms with E-state index in [1.165, 1.54) is 0 Å². The predicted molar refractivity (Wildman–Crippen MR) is 57.0 cm³/mol. The third-order valence-electron chi connectivity index (χ3n) is 1.34. The molecule has 0 amide bonds. The maximum atomic E-state index is 4.96. The normalized spacial score (nSPS) is 17.6. The molecule has 1 rings (SSSR count). The minimum Gasteiger partial charge on any atom is -0.369 e. The van der Waals surface area contributed by atoms with Crippen LogP contribution in [-0.4, -0.2) is 12.7 Å². The molecule has 1 aliphatic heterocycles. The lowest BCUT2D eigenvalue weighted by Crippen LogP contribution is -1.70.